The fraction of sp³-hybridized carbons (Fsp3) is 0.545. The average molecular weight is 402 g/mol. The van der Waals surface area contributed by atoms with Crippen LogP contribution in [0.1, 0.15) is 44.0 Å². The lowest BCUT2D eigenvalue weighted by Gasteiger charge is -2.35. The molecule has 0 saturated carbocycles. The van der Waals surface area contributed by atoms with Crippen molar-refractivity contribution in [3.63, 3.8) is 0 Å². The number of aromatic nitrogens is 1. The fourth-order valence-electron chi connectivity index (χ4n) is 3.38. The van der Waals surface area contributed by atoms with Gasteiger partial charge >= 0.3 is 0 Å². The van der Waals surface area contributed by atoms with Crippen molar-refractivity contribution < 1.29 is 9.53 Å². The monoisotopic (exact) mass is 401 g/mol. The molecule has 1 aliphatic rings. The molecule has 5 nitrogen and oxygen atoms in total. The first-order chi connectivity index (χ1) is 13.2. The van der Waals surface area contributed by atoms with Crippen molar-refractivity contribution >= 4 is 17.2 Å². The number of aryl methyl sites for hydroxylation is 1. The van der Waals surface area contributed by atoms with Crippen LogP contribution >= 0.6 is 11.3 Å². The summed E-state index contributed by atoms with van der Waals surface area (Å²) in [6, 6.07) is 8.06. The number of amides is 1. The van der Waals surface area contributed by atoms with Gasteiger partial charge < -0.3 is 9.64 Å². The van der Waals surface area contributed by atoms with E-state index in [9.17, 15) is 4.79 Å². The van der Waals surface area contributed by atoms with Crippen LogP contribution < -0.4 is 4.74 Å². The van der Waals surface area contributed by atoms with Gasteiger partial charge in [0, 0.05) is 38.1 Å². The van der Waals surface area contributed by atoms with Gasteiger partial charge in [-0.2, -0.15) is 0 Å². The maximum atomic E-state index is 12.8. The number of rotatable bonds is 5. The molecule has 1 aromatic carbocycles. The van der Waals surface area contributed by atoms with Crippen LogP contribution in [0.25, 0.3) is 0 Å². The van der Waals surface area contributed by atoms with Gasteiger partial charge in [-0.25, -0.2) is 4.98 Å². The fourth-order valence-corrected chi connectivity index (χ4v) is 3.99. The molecule has 0 aliphatic carbocycles. The highest BCUT2D eigenvalue weighted by Gasteiger charge is 2.26. The predicted octanol–water partition coefficient (Wildman–Crippen LogP) is 3.86. The Hall–Kier alpha value is -1.92. The molecule has 1 aromatic heterocycles. The molecule has 2 aromatic rings. The third kappa shape index (κ3) is 5.32. The van der Waals surface area contributed by atoms with E-state index in [2.05, 4.69) is 48.2 Å². The Balaban J connectivity index is 1.49. The van der Waals surface area contributed by atoms with Gasteiger partial charge in [-0.3, -0.25) is 9.69 Å². The van der Waals surface area contributed by atoms with Gasteiger partial charge in [0.1, 0.15) is 5.75 Å². The van der Waals surface area contributed by atoms with E-state index in [4.69, 9.17) is 4.74 Å². The first-order valence-corrected chi connectivity index (χ1v) is 10.8. The van der Waals surface area contributed by atoms with Gasteiger partial charge in [0.15, 0.2) is 6.10 Å². The maximum absolute atomic E-state index is 12.8. The number of benzene rings is 1. The van der Waals surface area contributed by atoms with Crippen LogP contribution in [-0.2, 0) is 16.8 Å². The Morgan fingerprint density at radius 1 is 1.18 bits per heavy atom. The summed E-state index contributed by atoms with van der Waals surface area (Å²) >= 11 is 1.69. The van der Waals surface area contributed by atoms with E-state index in [1.807, 2.05) is 30.9 Å². The molecule has 152 valence electrons. The van der Waals surface area contributed by atoms with E-state index in [0.29, 0.717) is 0 Å². The molecule has 0 spiro atoms. The van der Waals surface area contributed by atoms with E-state index in [1.54, 1.807) is 11.3 Å². The second kappa shape index (κ2) is 8.62. The van der Waals surface area contributed by atoms with Crippen molar-refractivity contribution in [3.05, 3.63) is 45.9 Å². The van der Waals surface area contributed by atoms with Crippen molar-refractivity contribution in [2.75, 3.05) is 26.2 Å². The largest absolute Gasteiger partial charge is 0.481 e. The number of carbonyl (C=O) groups is 1. The van der Waals surface area contributed by atoms with Crippen molar-refractivity contribution in [1.29, 1.82) is 0 Å². The summed E-state index contributed by atoms with van der Waals surface area (Å²) in [5.41, 5.74) is 2.49. The van der Waals surface area contributed by atoms with E-state index in [0.717, 1.165) is 49.2 Å². The molecule has 1 fully saturated rings. The molecule has 0 bridgehead atoms. The van der Waals surface area contributed by atoms with Crippen molar-refractivity contribution in [3.8, 4) is 5.75 Å². The highest BCUT2D eigenvalue weighted by molar-refractivity contribution is 7.09. The number of piperazine rings is 1. The maximum Gasteiger partial charge on any atom is 0.263 e. The summed E-state index contributed by atoms with van der Waals surface area (Å²) in [6.45, 7) is 14.5. The molecule has 6 heteroatoms. The number of hydrogen-bond acceptors (Lipinski definition) is 5. The standard InChI is InChI=1S/C22H31N3O2S/c1-16(27-20-8-6-18(7-9-20)22(3,4)5)21(26)25-12-10-24(11-13-25)14-19-15-28-17(2)23-19/h6-9,15-16H,10-14H2,1-5H3. The van der Waals surface area contributed by atoms with Crippen LogP contribution in [0.3, 0.4) is 0 Å². The minimum absolute atomic E-state index is 0.0593. The summed E-state index contributed by atoms with van der Waals surface area (Å²) < 4.78 is 5.91. The molecule has 1 aliphatic heterocycles. The SMILES string of the molecule is Cc1nc(CN2CCN(C(=O)C(C)Oc3ccc(C(C)(C)C)cc3)CC2)cs1. The van der Waals surface area contributed by atoms with Crippen molar-refractivity contribution in [1.82, 2.24) is 14.8 Å². The van der Waals surface area contributed by atoms with Crippen LogP contribution in [-0.4, -0.2) is 53.0 Å². The Labute approximate surface area is 172 Å². The van der Waals surface area contributed by atoms with Gasteiger partial charge in [-0.15, -0.1) is 11.3 Å². The molecule has 0 N–H and O–H groups in total. The zero-order valence-electron chi connectivity index (χ0n) is 17.6. The number of thiazole rings is 1. The molecule has 1 saturated heterocycles. The lowest BCUT2D eigenvalue weighted by molar-refractivity contribution is -0.139. The van der Waals surface area contributed by atoms with Crippen molar-refractivity contribution in [2.24, 2.45) is 0 Å². The van der Waals surface area contributed by atoms with Gasteiger partial charge in [-0.05, 0) is 37.0 Å². The summed E-state index contributed by atoms with van der Waals surface area (Å²) in [5, 5.41) is 3.22. The lowest BCUT2D eigenvalue weighted by atomic mass is 9.87. The molecular formula is C22H31N3O2S. The molecule has 3 rings (SSSR count). The second-order valence-corrected chi connectivity index (χ2v) is 9.56. The quantitative estimate of drug-likeness (QED) is 0.763. The minimum Gasteiger partial charge on any atom is -0.481 e. The Morgan fingerprint density at radius 3 is 2.36 bits per heavy atom. The lowest BCUT2D eigenvalue weighted by Crippen LogP contribution is -2.51. The topological polar surface area (TPSA) is 45.7 Å². The molecular weight excluding hydrogens is 370 g/mol. The van der Waals surface area contributed by atoms with E-state index < -0.39 is 6.10 Å². The van der Waals surface area contributed by atoms with E-state index in [-0.39, 0.29) is 11.3 Å². The highest BCUT2D eigenvalue weighted by atomic mass is 32.1. The summed E-state index contributed by atoms with van der Waals surface area (Å²) in [5.74, 6) is 0.801. The van der Waals surface area contributed by atoms with Crippen LogP contribution in [0.4, 0.5) is 0 Å². The Kier molecular flexibility index (Phi) is 6.40. The minimum atomic E-state index is -0.478. The second-order valence-electron chi connectivity index (χ2n) is 8.49. The number of carbonyl (C=O) groups excluding carboxylic acids is 1. The molecule has 1 unspecified atom stereocenters. The summed E-state index contributed by atoms with van der Waals surface area (Å²) in [7, 11) is 0. The summed E-state index contributed by atoms with van der Waals surface area (Å²) in [4.78, 5) is 21.6. The van der Waals surface area contributed by atoms with Gasteiger partial charge in [0.05, 0.1) is 10.7 Å². The van der Waals surface area contributed by atoms with E-state index in [1.165, 1.54) is 5.56 Å². The zero-order valence-corrected chi connectivity index (χ0v) is 18.4. The molecule has 2 heterocycles. The van der Waals surface area contributed by atoms with Gasteiger partial charge in [0.25, 0.3) is 5.91 Å². The van der Waals surface area contributed by atoms with Gasteiger partial charge in [-0.1, -0.05) is 32.9 Å². The molecule has 0 radical (unpaired) electrons. The van der Waals surface area contributed by atoms with E-state index >= 15 is 0 Å². The Morgan fingerprint density at radius 2 is 1.82 bits per heavy atom. The average Bonchev–Trinajstić information content (AvgIpc) is 3.06. The van der Waals surface area contributed by atoms with Crippen LogP contribution in [0, 0.1) is 6.92 Å². The summed E-state index contributed by atoms with van der Waals surface area (Å²) in [6.07, 6.45) is -0.478. The molecule has 1 amide bonds. The van der Waals surface area contributed by atoms with Crippen LogP contribution in [0.15, 0.2) is 29.6 Å². The third-order valence-electron chi connectivity index (χ3n) is 5.12. The third-order valence-corrected chi connectivity index (χ3v) is 5.94. The highest BCUT2D eigenvalue weighted by Crippen LogP contribution is 2.25. The molecule has 28 heavy (non-hydrogen) atoms. The van der Waals surface area contributed by atoms with Crippen molar-refractivity contribution in [2.45, 2.75) is 52.7 Å². The first kappa shape index (κ1) is 20.8. The van der Waals surface area contributed by atoms with Gasteiger partial charge in [0.2, 0.25) is 0 Å². The predicted molar refractivity (Wildman–Crippen MR) is 114 cm³/mol. The van der Waals surface area contributed by atoms with Crippen LogP contribution in [0.5, 0.6) is 5.75 Å². The Bertz CT molecular complexity index is 787. The molecule has 1 atom stereocenters. The zero-order chi connectivity index (χ0) is 20.3. The number of nitrogens with zero attached hydrogens (tertiary/aromatic N) is 3. The van der Waals surface area contributed by atoms with Crippen LogP contribution in [0.2, 0.25) is 0 Å². The normalized spacial score (nSPS) is 16.8. The first-order valence-electron chi connectivity index (χ1n) is 9.92. The smallest absolute Gasteiger partial charge is 0.263 e. The number of ether oxygens (including phenoxy) is 1. The number of hydrogen-bond donors (Lipinski definition) is 0.